The Kier molecular flexibility index (Phi) is 5.09. The number of hydrogen-bond acceptors (Lipinski definition) is 0. The predicted octanol–water partition coefficient (Wildman–Crippen LogP) is 6.39. The van der Waals surface area contributed by atoms with Gasteiger partial charge in [-0.3, -0.25) is 0 Å². The van der Waals surface area contributed by atoms with Crippen molar-refractivity contribution in [3.8, 4) is 11.1 Å². The first-order valence-corrected chi connectivity index (χ1v) is 8.70. The highest BCUT2D eigenvalue weighted by molar-refractivity contribution is 5.63. The van der Waals surface area contributed by atoms with E-state index in [1.807, 2.05) is 12.1 Å². The molecule has 1 aliphatic rings. The van der Waals surface area contributed by atoms with Crippen LogP contribution in [-0.2, 0) is 6.42 Å². The maximum Gasteiger partial charge on any atom is 0.159 e. The smallest absolute Gasteiger partial charge is 0.159 e. The molecule has 122 valence electrons. The van der Waals surface area contributed by atoms with Gasteiger partial charge in [0.05, 0.1) is 0 Å². The lowest BCUT2D eigenvalue weighted by atomic mass is 9.78. The van der Waals surface area contributed by atoms with Crippen LogP contribution in [0.5, 0.6) is 0 Å². The largest absolute Gasteiger partial charge is 0.204 e. The van der Waals surface area contributed by atoms with Crippen molar-refractivity contribution >= 4 is 0 Å². The van der Waals surface area contributed by atoms with Crippen LogP contribution in [-0.4, -0.2) is 0 Å². The van der Waals surface area contributed by atoms with E-state index >= 15 is 0 Å². The van der Waals surface area contributed by atoms with Crippen molar-refractivity contribution in [2.24, 2.45) is 11.8 Å². The first-order valence-electron chi connectivity index (χ1n) is 8.70. The van der Waals surface area contributed by atoms with Crippen molar-refractivity contribution in [2.45, 2.75) is 45.4 Å². The van der Waals surface area contributed by atoms with E-state index < -0.39 is 11.6 Å². The zero-order valence-corrected chi connectivity index (χ0v) is 13.7. The van der Waals surface area contributed by atoms with Crippen molar-refractivity contribution in [2.75, 3.05) is 0 Å². The Hall–Kier alpha value is -1.70. The Labute approximate surface area is 137 Å². The minimum atomic E-state index is -0.798. The van der Waals surface area contributed by atoms with Gasteiger partial charge in [0.15, 0.2) is 11.6 Å². The summed E-state index contributed by atoms with van der Waals surface area (Å²) in [7, 11) is 0. The molecule has 1 fully saturated rings. The summed E-state index contributed by atoms with van der Waals surface area (Å²) < 4.78 is 26.4. The number of benzene rings is 2. The number of halogens is 2. The first-order chi connectivity index (χ1) is 11.2. The van der Waals surface area contributed by atoms with Gasteiger partial charge in [0.25, 0.3) is 0 Å². The minimum absolute atomic E-state index is 0.721. The molecule has 2 aromatic carbocycles. The van der Waals surface area contributed by atoms with E-state index in [1.54, 1.807) is 6.07 Å². The van der Waals surface area contributed by atoms with Gasteiger partial charge in [-0.2, -0.15) is 0 Å². The quantitative estimate of drug-likeness (QED) is 0.613. The van der Waals surface area contributed by atoms with E-state index in [1.165, 1.54) is 49.8 Å². The maximum atomic E-state index is 13.3. The summed E-state index contributed by atoms with van der Waals surface area (Å²) in [5.74, 6) is 0.140. The van der Waals surface area contributed by atoms with Gasteiger partial charge in [0.1, 0.15) is 0 Å². The molecule has 0 atom stereocenters. The molecule has 0 spiro atoms. The molecular formula is C21H24F2. The zero-order valence-electron chi connectivity index (χ0n) is 13.7. The Bertz CT molecular complexity index is 637. The van der Waals surface area contributed by atoms with Crippen LogP contribution >= 0.6 is 0 Å². The van der Waals surface area contributed by atoms with Crippen LogP contribution in [0.2, 0.25) is 0 Å². The van der Waals surface area contributed by atoms with E-state index in [4.69, 9.17) is 0 Å². The molecule has 1 aliphatic carbocycles. The molecule has 0 unspecified atom stereocenters. The van der Waals surface area contributed by atoms with E-state index in [0.29, 0.717) is 0 Å². The van der Waals surface area contributed by atoms with Gasteiger partial charge in [0, 0.05) is 0 Å². The van der Waals surface area contributed by atoms with Crippen LogP contribution in [0.1, 0.15) is 44.6 Å². The molecule has 0 aromatic heterocycles. The standard InChI is InChI=1S/C21H24F2/c1-2-15-3-5-16(6-4-15)13-17-7-9-18(10-8-17)19-11-12-20(22)21(23)14-19/h7-12,14-16H,2-6,13H2,1H3. The summed E-state index contributed by atoms with van der Waals surface area (Å²) in [6.45, 7) is 2.29. The van der Waals surface area contributed by atoms with Crippen molar-refractivity contribution in [1.82, 2.24) is 0 Å². The van der Waals surface area contributed by atoms with Crippen LogP contribution in [0.25, 0.3) is 11.1 Å². The third-order valence-corrected chi connectivity index (χ3v) is 5.27. The van der Waals surface area contributed by atoms with Gasteiger partial charge in [-0.05, 0) is 59.9 Å². The van der Waals surface area contributed by atoms with Crippen LogP contribution in [0.3, 0.4) is 0 Å². The molecule has 2 heteroatoms. The molecule has 23 heavy (non-hydrogen) atoms. The van der Waals surface area contributed by atoms with Crippen molar-refractivity contribution < 1.29 is 8.78 Å². The third kappa shape index (κ3) is 3.99. The second-order valence-corrected chi connectivity index (χ2v) is 6.82. The Morgan fingerprint density at radius 1 is 0.783 bits per heavy atom. The molecular weight excluding hydrogens is 290 g/mol. The topological polar surface area (TPSA) is 0 Å². The molecule has 0 aliphatic heterocycles. The fraction of sp³-hybridized carbons (Fsp3) is 0.429. The van der Waals surface area contributed by atoms with Gasteiger partial charge in [-0.15, -0.1) is 0 Å². The average Bonchev–Trinajstić information content (AvgIpc) is 2.59. The fourth-order valence-corrected chi connectivity index (χ4v) is 3.69. The monoisotopic (exact) mass is 314 g/mol. The molecule has 0 radical (unpaired) electrons. The van der Waals surface area contributed by atoms with Gasteiger partial charge >= 0.3 is 0 Å². The van der Waals surface area contributed by atoms with Gasteiger partial charge in [-0.25, -0.2) is 8.78 Å². The van der Waals surface area contributed by atoms with Crippen molar-refractivity contribution in [1.29, 1.82) is 0 Å². The maximum absolute atomic E-state index is 13.3. The molecule has 0 saturated heterocycles. The molecule has 0 amide bonds. The molecule has 2 aromatic rings. The highest BCUT2D eigenvalue weighted by atomic mass is 19.2. The summed E-state index contributed by atoms with van der Waals surface area (Å²) in [6, 6.07) is 12.4. The summed E-state index contributed by atoms with van der Waals surface area (Å²) in [5.41, 5.74) is 3.00. The second kappa shape index (κ2) is 7.25. The average molecular weight is 314 g/mol. The highest BCUT2D eigenvalue weighted by Crippen LogP contribution is 2.33. The molecule has 0 nitrogen and oxygen atoms in total. The predicted molar refractivity (Wildman–Crippen MR) is 91.2 cm³/mol. The number of hydrogen-bond donors (Lipinski definition) is 0. The van der Waals surface area contributed by atoms with E-state index in [9.17, 15) is 8.78 Å². The summed E-state index contributed by atoms with van der Waals surface area (Å²) in [5, 5.41) is 0. The lowest BCUT2D eigenvalue weighted by molar-refractivity contribution is 0.268. The normalized spacial score (nSPS) is 21.3. The SMILES string of the molecule is CCC1CCC(Cc2ccc(-c3ccc(F)c(F)c3)cc2)CC1. The summed E-state index contributed by atoms with van der Waals surface area (Å²) >= 11 is 0. The van der Waals surface area contributed by atoms with Gasteiger partial charge < -0.3 is 0 Å². The van der Waals surface area contributed by atoms with E-state index in [-0.39, 0.29) is 0 Å². The summed E-state index contributed by atoms with van der Waals surface area (Å²) in [6.07, 6.45) is 7.86. The van der Waals surface area contributed by atoms with Crippen LogP contribution < -0.4 is 0 Å². The minimum Gasteiger partial charge on any atom is -0.204 e. The van der Waals surface area contributed by atoms with Gasteiger partial charge in [-0.1, -0.05) is 56.5 Å². The first kappa shape index (κ1) is 16.2. The molecule has 0 bridgehead atoms. The molecule has 1 saturated carbocycles. The zero-order chi connectivity index (χ0) is 16.2. The Morgan fingerprint density at radius 2 is 1.39 bits per heavy atom. The Morgan fingerprint density at radius 3 is 2.00 bits per heavy atom. The van der Waals surface area contributed by atoms with Crippen molar-refractivity contribution in [3.63, 3.8) is 0 Å². The van der Waals surface area contributed by atoms with Crippen LogP contribution in [0, 0.1) is 23.5 Å². The second-order valence-electron chi connectivity index (χ2n) is 6.82. The highest BCUT2D eigenvalue weighted by Gasteiger charge is 2.20. The lowest BCUT2D eigenvalue weighted by Gasteiger charge is -2.27. The third-order valence-electron chi connectivity index (χ3n) is 5.27. The lowest BCUT2D eigenvalue weighted by Crippen LogP contribution is -2.15. The molecule has 0 heterocycles. The van der Waals surface area contributed by atoms with Crippen LogP contribution in [0.15, 0.2) is 42.5 Å². The van der Waals surface area contributed by atoms with Crippen LogP contribution in [0.4, 0.5) is 8.78 Å². The van der Waals surface area contributed by atoms with E-state index in [2.05, 4.69) is 19.1 Å². The fourth-order valence-electron chi connectivity index (χ4n) is 3.69. The number of rotatable bonds is 4. The van der Waals surface area contributed by atoms with Crippen molar-refractivity contribution in [3.05, 3.63) is 59.7 Å². The van der Waals surface area contributed by atoms with E-state index in [0.717, 1.165) is 29.4 Å². The van der Waals surface area contributed by atoms with Gasteiger partial charge in [0.2, 0.25) is 0 Å². The summed E-state index contributed by atoms with van der Waals surface area (Å²) in [4.78, 5) is 0. The molecule has 3 rings (SSSR count). The molecule has 0 N–H and O–H groups in total. The Balaban J connectivity index is 1.64.